The highest BCUT2D eigenvalue weighted by Crippen LogP contribution is 2.23. The first-order valence-electron chi connectivity index (χ1n) is 10.1. The minimum absolute atomic E-state index is 0.0682. The molecule has 1 amide bonds. The Balaban J connectivity index is 1.28. The zero-order chi connectivity index (χ0) is 19.9. The van der Waals surface area contributed by atoms with Crippen LogP contribution in [-0.4, -0.2) is 29.2 Å². The molecule has 1 aromatic heterocycles. The van der Waals surface area contributed by atoms with E-state index in [1.165, 1.54) is 18.5 Å². The predicted molar refractivity (Wildman–Crippen MR) is 117 cm³/mol. The number of hydrogen-bond donors (Lipinski definition) is 2. The van der Waals surface area contributed by atoms with Gasteiger partial charge in [0.15, 0.2) is 11.6 Å². The quantitative estimate of drug-likeness (QED) is 0.629. The summed E-state index contributed by atoms with van der Waals surface area (Å²) >= 11 is 0. The van der Waals surface area contributed by atoms with Crippen LogP contribution in [0.15, 0.2) is 66.7 Å². The summed E-state index contributed by atoms with van der Waals surface area (Å²) in [6, 6.07) is 21.9. The first kappa shape index (κ1) is 18.9. The molecule has 4 rings (SSSR count). The second kappa shape index (κ2) is 9.19. The Bertz CT molecular complexity index is 920. The van der Waals surface area contributed by atoms with Gasteiger partial charge in [-0.05, 0) is 61.2 Å². The maximum absolute atomic E-state index is 12.1. The lowest BCUT2D eigenvalue weighted by atomic mass is 10.1. The van der Waals surface area contributed by atoms with E-state index in [0.29, 0.717) is 24.5 Å². The highest BCUT2D eigenvalue weighted by atomic mass is 16.1. The molecule has 1 aliphatic heterocycles. The zero-order valence-corrected chi connectivity index (χ0v) is 16.3. The van der Waals surface area contributed by atoms with Gasteiger partial charge in [0.1, 0.15) is 0 Å². The molecule has 2 N–H and O–H groups in total. The van der Waals surface area contributed by atoms with Gasteiger partial charge in [-0.3, -0.25) is 4.79 Å². The predicted octanol–water partition coefficient (Wildman–Crippen LogP) is 4.39. The van der Waals surface area contributed by atoms with Crippen LogP contribution in [0.25, 0.3) is 0 Å². The highest BCUT2D eigenvalue weighted by molar-refractivity contribution is 5.89. The number of nitrogens with zero attached hydrogens (tertiary/aromatic N) is 3. The monoisotopic (exact) mass is 387 g/mol. The molecule has 2 aromatic carbocycles. The van der Waals surface area contributed by atoms with Crippen LogP contribution < -0.4 is 15.5 Å². The Morgan fingerprint density at radius 1 is 0.862 bits per heavy atom. The van der Waals surface area contributed by atoms with Crippen molar-refractivity contribution >= 4 is 28.9 Å². The minimum atomic E-state index is -0.0682. The van der Waals surface area contributed by atoms with E-state index >= 15 is 0 Å². The number of carbonyl (C=O) groups is 1. The summed E-state index contributed by atoms with van der Waals surface area (Å²) in [6.45, 7) is 2.27. The van der Waals surface area contributed by atoms with Gasteiger partial charge in [0.2, 0.25) is 5.91 Å². The van der Waals surface area contributed by atoms with Crippen LogP contribution in [-0.2, 0) is 11.2 Å². The SMILES string of the molecule is O=C(CCc1ccccc1)Nc1ccc(Nc2ccc(N3CCCC3)cc2)nn1. The number of amides is 1. The van der Waals surface area contributed by atoms with Gasteiger partial charge in [-0.15, -0.1) is 10.2 Å². The molecule has 2 heterocycles. The van der Waals surface area contributed by atoms with Crippen LogP contribution in [0.2, 0.25) is 0 Å². The van der Waals surface area contributed by atoms with Crippen molar-refractivity contribution in [2.24, 2.45) is 0 Å². The van der Waals surface area contributed by atoms with Crippen LogP contribution in [0, 0.1) is 0 Å². The van der Waals surface area contributed by atoms with E-state index in [4.69, 9.17) is 0 Å². The molecule has 6 heteroatoms. The number of aromatic nitrogens is 2. The molecule has 0 radical (unpaired) electrons. The summed E-state index contributed by atoms with van der Waals surface area (Å²) in [5.74, 6) is 1.03. The maximum atomic E-state index is 12.1. The number of aryl methyl sites for hydroxylation is 1. The Hall–Kier alpha value is -3.41. The van der Waals surface area contributed by atoms with Crippen molar-refractivity contribution < 1.29 is 4.79 Å². The number of carbonyl (C=O) groups excluding carboxylic acids is 1. The summed E-state index contributed by atoms with van der Waals surface area (Å²) in [7, 11) is 0. The van der Waals surface area contributed by atoms with E-state index in [0.717, 1.165) is 24.3 Å². The smallest absolute Gasteiger partial charge is 0.225 e. The van der Waals surface area contributed by atoms with Crippen LogP contribution in [0.5, 0.6) is 0 Å². The molecule has 0 unspecified atom stereocenters. The van der Waals surface area contributed by atoms with Gasteiger partial charge >= 0.3 is 0 Å². The summed E-state index contributed by atoms with van der Waals surface area (Å²) in [6.07, 6.45) is 3.65. The van der Waals surface area contributed by atoms with Crippen molar-refractivity contribution in [3.05, 3.63) is 72.3 Å². The molecule has 0 spiro atoms. The van der Waals surface area contributed by atoms with Crippen LogP contribution >= 0.6 is 0 Å². The molecule has 148 valence electrons. The molecule has 29 heavy (non-hydrogen) atoms. The average molecular weight is 387 g/mol. The van der Waals surface area contributed by atoms with Gasteiger partial charge in [0, 0.05) is 30.9 Å². The standard InChI is InChI=1S/C23H25N5O/c29-23(15-8-18-6-2-1-3-7-18)25-22-14-13-21(26-27-22)24-19-9-11-20(12-10-19)28-16-4-5-17-28/h1-3,6-7,9-14H,4-5,8,15-17H2,(H,24,26)(H,25,27,29). The third-order valence-electron chi connectivity index (χ3n) is 5.03. The molecule has 3 aromatic rings. The Kier molecular flexibility index (Phi) is 6.00. The largest absolute Gasteiger partial charge is 0.372 e. The summed E-state index contributed by atoms with van der Waals surface area (Å²) < 4.78 is 0. The van der Waals surface area contributed by atoms with Gasteiger partial charge in [-0.2, -0.15) is 0 Å². The van der Waals surface area contributed by atoms with Crippen molar-refractivity contribution in [1.82, 2.24) is 10.2 Å². The molecule has 0 aliphatic carbocycles. The van der Waals surface area contributed by atoms with Gasteiger partial charge in [0.05, 0.1) is 0 Å². The van der Waals surface area contributed by atoms with Gasteiger partial charge in [0.25, 0.3) is 0 Å². The van der Waals surface area contributed by atoms with Crippen molar-refractivity contribution in [2.45, 2.75) is 25.7 Å². The molecule has 0 saturated carbocycles. The highest BCUT2D eigenvalue weighted by Gasteiger charge is 2.12. The van der Waals surface area contributed by atoms with Crippen molar-refractivity contribution in [2.75, 3.05) is 28.6 Å². The summed E-state index contributed by atoms with van der Waals surface area (Å²) in [5.41, 5.74) is 3.36. The van der Waals surface area contributed by atoms with E-state index in [1.807, 2.05) is 36.4 Å². The van der Waals surface area contributed by atoms with E-state index in [-0.39, 0.29) is 5.91 Å². The van der Waals surface area contributed by atoms with E-state index in [1.54, 1.807) is 6.07 Å². The average Bonchev–Trinajstić information content (AvgIpc) is 3.30. The summed E-state index contributed by atoms with van der Waals surface area (Å²) in [4.78, 5) is 14.5. The zero-order valence-electron chi connectivity index (χ0n) is 16.3. The molecule has 6 nitrogen and oxygen atoms in total. The van der Waals surface area contributed by atoms with Crippen LogP contribution in [0.4, 0.5) is 23.0 Å². The van der Waals surface area contributed by atoms with Crippen molar-refractivity contribution in [3.8, 4) is 0 Å². The first-order chi connectivity index (χ1) is 14.3. The fourth-order valence-electron chi connectivity index (χ4n) is 3.45. The normalized spacial score (nSPS) is 13.3. The molecule has 1 saturated heterocycles. The Labute approximate surface area is 171 Å². The van der Waals surface area contributed by atoms with Crippen molar-refractivity contribution in [1.29, 1.82) is 0 Å². The van der Waals surface area contributed by atoms with E-state index in [2.05, 4.69) is 50.0 Å². The fraction of sp³-hybridized carbons (Fsp3) is 0.261. The molecule has 0 atom stereocenters. The van der Waals surface area contributed by atoms with Crippen molar-refractivity contribution in [3.63, 3.8) is 0 Å². The van der Waals surface area contributed by atoms with E-state index in [9.17, 15) is 4.79 Å². The van der Waals surface area contributed by atoms with Gasteiger partial charge in [-0.25, -0.2) is 0 Å². The number of benzene rings is 2. The van der Waals surface area contributed by atoms with E-state index < -0.39 is 0 Å². The fourth-order valence-corrected chi connectivity index (χ4v) is 3.45. The van der Waals surface area contributed by atoms with Crippen LogP contribution in [0.1, 0.15) is 24.8 Å². The lowest BCUT2D eigenvalue weighted by Crippen LogP contribution is -2.17. The Morgan fingerprint density at radius 3 is 2.24 bits per heavy atom. The molecule has 1 fully saturated rings. The second-order valence-electron chi connectivity index (χ2n) is 7.20. The van der Waals surface area contributed by atoms with Gasteiger partial charge in [-0.1, -0.05) is 30.3 Å². The molecule has 1 aliphatic rings. The lowest BCUT2D eigenvalue weighted by Gasteiger charge is -2.17. The molecule has 0 bridgehead atoms. The van der Waals surface area contributed by atoms with Gasteiger partial charge < -0.3 is 15.5 Å². The number of nitrogens with one attached hydrogen (secondary N) is 2. The topological polar surface area (TPSA) is 70.2 Å². The summed E-state index contributed by atoms with van der Waals surface area (Å²) in [5, 5.41) is 14.3. The lowest BCUT2D eigenvalue weighted by molar-refractivity contribution is -0.116. The third kappa shape index (κ3) is 5.31. The third-order valence-corrected chi connectivity index (χ3v) is 5.03. The van der Waals surface area contributed by atoms with Crippen LogP contribution in [0.3, 0.4) is 0 Å². The maximum Gasteiger partial charge on any atom is 0.225 e. The Morgan fingerprint density at radius 2 is 1.55 bits per heavy atom. The number of anilines is 4. The molecular weight excluding hydrogens is 362 g/mol. The number of hydrogen-bond acceptors (Lipinski definition) is 5. The minimum Gasteiger partial charge on any atom is -0.372 e. The first-order valence-corrected chi connectivity index (χ1v) is 10.1. The second-order valence-corrected chi connectivity index (χ2v) is 7.20. The number of rotatable bonds is 7. The molecular formula is C23H25N5O.